The molecule has 0 aromatic rings. The number of methoxy groups -OCH3 is 1. The van der Waals surface area contributed by atoms with Crippen molar-refractivity contribution < 1.29 is 14.3 Å². The summed E-state index contributed by atoms with van der Waals surface area (Å²) in [6.07, 6.45) is 0. The Bertz CT molecular complexity index is 241. The quantitative estimate of drug-likeness (QED) is 0.482. The fourth-order valence-corrected chi connectivity index (χ4v) is 0.848. The number of hydrogen-bond donors (Lipinski definition) is 3. The second-order valence-corrected chi connectivity index (χ2v) is 4.11. The van der Waals surface area contributed by atoms with Gasteiger partial charge in [-0.25, -0.2) is 0 Å². The first kappa shape index (κ1) is 14.9. The molecule has 0 aromatic heterocycles. The van der Waals surface area contributed by atoms with Gasteiger partial charge in [0.2, 0.25) is 11.8 Å². The maximum atomic E-state index is 11.5. The average molecular weight is 231 g/mol. The molecule has 4 N–H and O–H groups in total. The van der Waals surface area contributed by atoms with Gasteiger partial charge in [-0.3, -0.25) is 9.59 Å². The van der Waals surface area contributed by atoms with Gasteiger partial charge in [0.05, 0.1) is 18.6 Å². The van der Waals surface area contributed by atoms with Gasteiger partial charge in [0.1, 0.15) is 0 Å². The van der Waals surface area contributed by atoms with E-state index in [0.717, 1.165) is 0 Å². The molecule has 0 aliphatic carbocycles. The topological polar surface area (TPSA) is 93.5 Å². The summed E-state index contributed by atoms with van der Waals surface area (Å²) in [5.41, 5.74) is 4.79. The predicted molar refractivity (Wildman–Crippen MR) is 60.7 cm³/mol. The highest BCUT2D eigenvalue weighted by atomic mass is 16.5. The molecule has 0 rings (SSSR count). The number of rotatable bonds is 7. The van der Waals surface area contributed by atoms with E-state index in [1.54, 1.807) is 21.0 Å². The molecule has 0 aliphatic heterocycles. The SMILES string of the molecule is COCCNC(=O)CNC(=O)C(C)(C)CN. The van der Waals surface area contributed by atoms with Crippen molar-refractivity contribution in [2.45, 2.75) is 13.8 Å². The molecule has 6 heteroatoms. The van der Waals surface area contributed by atoms with Crippen molar-refractivity contribution in [1.29, 1.82) is 0 Å². The molecule has 0 bridgehead atoms. The van der Waals surface area contributed by atoms with E-state index in [2.05, 4.69) is 10.6 Å². The zero-order valence-corrected chi connectivity index (χ0v) is 10.1. The van der Waals surface area contributed by atoms with E-state index in [9.17, 15) is 9.59 Å². The Morgan fingerprint density at radius 2 is 1.94 bits per heavy atom. The van der Waals surface area contributed by atoms with E-state index in [1.165, 1.54) is 0 Å². The first-order valence-electron chi connectivity index (χ1n) is 5.18. The average Bonchev–Trinajstić information content (AvgIpc) is 2.26. The first-order valence-corrected chi connectivity index (χ1v) is 5.18. The van der Waals surface area contributed by atoms with E-state index >= 15 is 0 Å². The molecule has 0 saturated carbocycles. The van der Waals surface area contributed by atoms with E-state index in [-0.39, 0.29) is 24.9 Å². The van der Waals surface area contributed by atoms with Gasteiger partial charge in [0.25, 0.3) is 0 Å². The van der Waals surface area contributed by atoms with Gasteiger partial charge in [0.15, 0.2) is 0 Å². The number of amides is 2. The zero-order chi connectivity index (χ0) is 12.6. The molecule has 94 valence electrons. The predicted octanol–water partition coefficient (Wildman–Crippen LogP) is -1.15. The molecular weight excluding hydrogens is 210 g/mol. The smallest absolute Gasteiger partial charge is 0.239 e. The lowest BCUT2D eigenvalue weighted by atomic mass is 9.93. The summed E-state index contributed by atoms with van der Waals surface area (Å²) in [5.74, 6) is -0.463. The molecule has 0 aromatic carbocycles. The summed E-state index contributed by atoms with van der Waals surface area (Å²) in [7, 11) is 1.55. The van der Waals surface area contributed by atoms with Crippen LogP contribution in [0.25, 0.3) is 0 Å². The number of nitrogens with one attached hydrogen (secondary N) is 2. The van der Waals surface area contributed by atoms with Gasteiger partial charge in [0, 0.05) is 20.2 Å². The summed E-state index contributed by atoms with van der Waals surface area (Å²) in [6, 6.07) is 0. The van der Waals surface area contributed by atoms with Gasteiger partial charge < -0.3 is 21.1 Å². The molecule has 0 heterocycles. The summed E-state index contributed by atoms with van der Waals surface area (Å²) in [6.45, 7) is 4.55. The van der Waals surface area contributed by atoms with Crippen molar-refractivity contribution in [2.24, 2.45) is 11.1 Å². The van der Waals surface area contributed by atoms with Gasteiger partial charge >= 0.3 is 0 Å². The number of hydrogen-bond acceptors (Lipinski definition) is 4. The minimum atomic E-state index is -0.646. The molecule has 2 amide bonds. The lowest BCUT2D eigenvalue weighted by Crippen LogP contribution is -2.45. The summed E-state index contributed by atoms with van der Waals surface area (Å²) in [5, 5.41) is 5.13. The van der Waals surface area contributed by atoms with Gasteiger partial charge in [-0.15, -0.1) is 0 Å². The van der Waals surface area contributed by atoms with Crippen LogP contribution >= 0.6 is 0 Å². The highest BCUT2D eigenvalue weighted by Gasteiger charge is 2.25. The van der Waals surface area contributed by atoms with Crippen LogP contribution in [0.4, 0.5) is 0 Å². The van der Waals surface area contributed by atoms with Crippen molar-refractivity contribution >= 4 is 11.8 Å². The van der Waals surface area contributed by atoms with Crippen LogP contribution in [0.15, 0.2) is 0 Å². The third kappa shape index (κ3) is 5.67. The van der Waals surface area contributed by atoms with Crippen molar-refractivity contribution in [2.75, 3.05) is 33.4 Å². The van der Waals surface area contributed by atoms with Crippen molar-refractivity contribution in [3.05, 3.63) is 0 Å². The van der Waals surface area contributed by atoms with Crippen LogP contribution in [-0.4, -0.2) is 45.2 Å². The fraction of sp³-hybridized carbons (Fsp3) is 0.800. The Kier molecular flexibility index (Phi) is 6.67. The Balaban J connectivity index is 3.80. The molecule has 6 nitrogen and oxygen atoms in total. The normalized spacial score (nSPS) is 11.0. The van der Waals surface area contributed by atoms with Crippen molar-refractivity contribution in [3.63, 3.8) is 0 Å². The highest BCUT2D eigenvalue weighted by molar-refractivity contribution is 5.87. The monoisotopic (exact) mass is 231 g/mol. The highest BCUT2D eigenvalue weighted by Crippen LogP contribution is 2.11. The van der Waals surface area contributed by atoms with Crippen LogP contribution in [-0.2, 0) is 14.3 Å². The van der Waals surface area contributed by atoms with E-state index in [0.29, 0.717) is 13.2 Å². The Morgan fingerprint density at radius 1 is 1.31 bits per heavy atom. The summed E-state index contributed by atoms with van der Waals surface area (Å²) in [4.78, 5) is 22.8. The Hall–Kier alpha value is -1.14. The standard InChI is InChI=1S/C10H21N3O3/c1-10(2,7-11)9(15)13-6-8(14)12-4-5-16-3/h4-7,11H2,1-3H3,(H,12,14)(H,13,15). The molecule has 0 aliphatic rings. The molecule has 16 heavy (non-hydrogen) atoms. The lowest BCUT2D eigenvalue weighted by molar-refractivity contribution is -0.131. The van der Waals surface area contributed by atoms with Crippen molar-refractivity contribution in [3.8, 4) is 0 Å². The second-order valence-electron chi connectivity index (χ2n) is 4.11. The van der Waals surface area contributed by atoms with Gasteiger partial charge in [-0.1, -0.05) is 0 Å². The molecule has 0 spiro atoms. The maximum absolute atomic E-state index is 11.5. The van der Waals surface area contributed by atoms with Crippen LogP contribution in [0.1, 0.15) is 13.8 Å². The Labute approximate surface area is 95.9 Å². The molecular formula is C10H21N3O3. The summed E-state index contributed by atoms with van der Waals surface area (Å²) < 4.78 is 4.77. The summed E-state index contributed by atoms with van der Waals surface area (Å²) >= 11 is 0. The lowest BCUT2D eigenvalue weighted by Gasteiger charge is -2.20. The fourth-order valence-electron chi connectivity index (χ4n) is 0.848. The Morgan fingerprint density at radius 3 is 2.44 bits per heavy atom. The molecule has 0 fully saturated rings. The number of carbonyl (C=O) groups excluding carboxylic acids is 2. The van der Waals surface area contributed by atoms with Gasteiger partial charge in [-0.05, 0) is 13.8 Å². The molecule has 0 atom stereocenters. The third-order valence-electron chi connectivity index (χ3n) is 2.16. The first-order chi connectivity index (χ1) is 7.44. The maximum Gasteiger partial charge on any atom is 0.239 e. The van der Waals surface area contributed by atoms with E-state index in [4.69, 9.17) is 10.5 Å². The number of nitrogens with two attached hydrogens (primary N) is 1. The van der Waals surface area contributed by atoms with E-state index < -0.39 is 5.41 Å². The number of ether oxygens (including phenoxy) is 1. The molecule has 0 saturated heterocycles. The minimum absolute atomic E-state index is 0.0357. The molecule has 0 radical (unpaired) electrons. The third-order valence-corrected chi connectivity index (χ3v) is 2.16. The van der Waals surface area contributed by atoms with Crippen LogP contribution in [0.2, 0.25) is 0 Å². The van der Waals surface area contributed by atoms with Crippen LogP contribution in [0.3, 0.4) is 0 Å². The number of carbonyl (C=O) groups is 2. The van der Waals surface area contributed by atoms with Crippen LogP contribution in [0, 0.1) is 5.41 Å². The van der Waals surface area contributed by atoms with Crippen molar-refractivity contribution in [1.82, 2.24) is 10.6 Å². The van der Waals surface area contributed by atoms with E-state index in [1.807, 2.05) is 0 Å². The van der Waals surface area contributed by atoms with Gasteiger partial charge in [-0.2, -0.15) is 0 Å². The second kappa shape index (κ2) is 7.19. The minimum Gasteiger partial charge on any atom is -0.383 e. The largest absolute Gasteiger partial charge is 0.383 e. The zero-order valence-electron chi connectivity index (χ0n) is 10.1. The van der Waals surface area contributed by atoms with Crippen LogP contribution in [0.5, 0.6) is 0 Å². The van der Waals surface area contributed by atoms with Crippen LogP contribution < -0.4 is 16.4 Å². The molecule has 0 unspecified atom stereocenters.